The van der Waals surface area contributed by atoms with Crippen LogP contribution in [0.15, 0.2) is 72.8 Å². The molecule has 1 aliphatic heterocycles. The van der Waals surface area contributed by atoms with Crippen LogP contribution in [0.4, 0.5) is 10.3 Å². The smallest absolute Gasteiger partial charge is 0.227 e. The molecule has 0 unspecified atom stereocenters. The monoisotopic (exact) mass is 494 g/mol. The summed E-state index contributed by atoms with van der Waals surface area (Å²) in [4.78, 5) is 22.3. The number of nitrogens with zero attached hydrogens (tertiary/aromatic N) is 6. The lowest BCUT2D eigenvalue weighted by molar-refractivity contribution is -0.132. The van der Waals surface area contributed by atoms with Crippen LogP contribution in [0.3, 0.4) is 0 Å². The second-order valence-corrected chi connectivity index (χ2v) is 9.61. The molecule has 0 saturated carbocycles. The van der Waals surface area contributed by atoms with Crippen LogP contribution in [0.2, 0.25) is 0 Å². The molecule has 0 aliphatic carbocycles. The summed E-state index contributed by atoms with van der Waals surface area (Å²) in [7, 11) is 0. The van der Waals surface area contributed by atoms with Crippen molar-refractivity contribution < 1.29 is 9.18 Å². The van der Waals surface area contributed by atoms with Crippen molar-refractivity contribution in [2.45, 2.75) is 26.3 Å². The van der Waals surface area contributed by atoms with Crippen molar-refractivity contribution >= 4 is 28.4 Å². The number of piperazine rings is 1. The Labute approximate surface area is 214 Å². The Kier molecular flexibility index (Phi) is 5.79. The van der Waals surface area contributed by atoms with E-state index in [9.17, 15) is 9.18 Å². The Balaban J connectivity index is 1.36. The molecular formula is C29H27FN6O. The maximum Gasteiger partial charge on any atom is 0.227 e. The first-order chi connectivity index (χ1) is 18.0. The van der Waals surface area contributed by atoms with E-state index in [1.165, 1.54) is 12.1 Å². The van der Waals surface area contributed by atoms with Gasteiger partial charge in [0.1, 0.15) is 5.82 Å². The molecule has 0 spiro atoms. The molecule has 1 saturated heterocycles. The molecule has 3 aromatic carbocycles. The van der Waals surface area contributed by atoms with Crippen molar-refractivity contribution in [3.8, 4) is 11.4 Å². The first kappa shape index (κ1) is 23.1. The van der Waals surface area contributed by atoms with Gasteiger partial charge in [0.25, 0.3) is 0 Å². The third-order valence-electron chi connectivity index (χ3n) is 7.11. The molecule has 8 heteroatoms. The predicted octanol–water partition coefficient (Wildman–Crippen LogP) is 4.67. The second-order valence-electron chi connectivity index (χ2n) is 9.61. The molecule has 3 heterocycles. The summed E-state index contributed by atoms with van der Waals surface area (Å²) in [6.45, 7) is 5.95. The third-order valence-corrected chi connectivity index (χ3v) is 7.11. The number of carbonyl (C=O) groups excluding carboxylic acids is 1. The molecule has 2 aromatic heterocycles. The summed E-state index contributed by atoms with van der Waals surface area (Å²) in [6, 6.07) is 22.2. The summed E-state index contributed by atoms with van der Waals surface area (Å²) >= 11 is 0. The molecule has 1 fully saturated rings. The van der Waals surface area contributed by atoms with Crippen LogP contribution in [-0.4, -0.2) is 56.1 Å². The minimum absolute atomic E-state index is 0.0246. The highest BCUT2D eigenvalue weighted by Gasteiger charge is 2.30. The van der Waals surface area contributed by atoms with Gasteiger partial charge in [-0.3, -0.25) is 4.79 Å². The van der Waals surface area contributed by atoms with Gasteiger partial charge in [-0.25, -0.2) is 13.8 Å². The van der Waals surface area contributed by atoms with E-state index < -0.39 is 0 Å². The fourth-order valence-electron chi connectivity index (χ4n) is 5.16. The van der Waals surface area contributed by atoms with Crippen LogP contribution < -0.4 is 4.90 Å². The molecule has 1 aliphatic rings. The average Bonchev–Trinajstić information content (AvgIpc) is 3.35. The Morgan fingerprint density at radius 1 is 0.973 bits per heavy atom. The van der Waals surface area contributed by atoms with Gasteiger partial charge >= 0.3 is 0 Å². The zero-order valence-electron chi connectivity index (χ0n) is 20.8. The summed E-state index contributed by atoms with van der Waals surface area (Å²) in [5, 5.41) is 10.1. The van der Waals surface area contributed by atoms with Crippen LogP contribution >= 0.6 is 0 Å². The summed E-state index contributed by atoms with van der Waals surface area (Å²) in [6.07, 6.45) is 0.256. The van der Waals surface area contributed by atoms with Crippen molar-refractivity contribution in [2.24, 2.45) is 0 Å². The lowest BCUT2D eigenvalue weighted by Gasteiger charge is -2.40. The molecule has 186 valence electrons. The third kappa shape index (κ3) is 4.18. The minimum atomic E-state index is -0.300. The quantitative estimate of drug-likeness (QED) is 0.363. The maximum atomic E-state index is 13.3. The van der Waals surface area contributed by atoms with Crippen LogP contribution in [0.25, 0.3) is 27.9 Å². The number of para-hydroxylation sites is 1. The largest absolute Gasteiger partial charge is 0.338 e. The van der Waals surface area contributed by atoms with Gasteiger partial charge in [-0.15, -0.1) is 10.2 Å². The number of rotatable bonds is 4. The molecular weight excluding hydrogens is 467 g/mol. The first-order valence-corrected chi connectivity index (χ1v) is 12.5. The van der Waals surface area contributed by atoms with Gasteiger partial charge in [-0.05, 0) is 49.2 Å². The topological polar surface area (TPSA) is 66.6 Å². The molecule has 1 amide bonds. The van der Waals surface area contributed by atoms with E-state index in [0.29, 0.717) is 19.6 Å². The van der Waals surface area contributed by atoms with E-state index in [1.807, 2.05) is 45.7 Å². The first-order valence-electron chi connectivity index (χ1n) is 12.5. The van der Waals surface area contributed by atoms with E-state index in [1.54, 1.807) is 12.1 Å². The number of aromatic nitrogens is 4. The summed E-state index contributed by atoms with van der Waals surface area (Å²) in [5.41, 5.74) is 4.55. The number of halogens is 1. The second kappa shape index (κ2) is 9.28. The molecule has 0 radical (unpaired) electrons. The highest BCUT2D eigenvalue weighted by atomic mass is 19.1. The SMILES string of the molecule is Cc1ccccc1-c1nnc2c3ccccc3nc(N3CCN(C(=O)Cc4ccc(F)cc4)[C@@H](C)C3)n12. The molecule has 1 atom stereocenters. The molecule has 6 rings (SSSR count). The number of amides is 1. The number of benzene rings is 3. The lowest BCUT2D eigenvalue weighted by atomic mass is 10.1. The zero-order chi connectivity index (χ0) is 25.5. The standard InChI is InChI=1S/C29H27FN6O/c1-19-7-3-4-8-23(19)27-32-33-28-24-9-5-6-10-25(24)31-29(36(27)28)34-15-16-35(20(2)18-34)26(37)17-21-11-13-22(30)14-12-21/h3-14,20H,15-18H2,1-2H3/t20-/m0/s1. The normalized spacial score (nSPS) is 16.0. The van der Waals surface area contributed by atoms with Crippen molar-refractivity contribution in [1.29, 1.82) is 0 Å². The molecule has 0 N–H and O–H groups in total. The van der Waals surface area contributed by atoms with Crippen molar-refractivity contribution in [2.75, 3.05) is 24.5 Å². The zero-order valence-corrected chi connectivity index (χ0v) is 20.8. The number of anilines is 1. The Morgan fingerprint density at radius 3 is 2.51 bits per heavy atom. The predicted molar refractivity (Wildman–Crippen MR) is 142 cm³/mol. The van der Waals surface area contributed by atoms with Crippen molar-refractivity contribution in [1.82, 2.24) is 24.5 Å². The number of carbonyl (C=O) groups is 1. The van der Waals surface area contributed by atoms with Crippen LogP contribution in [0.5, 0.6) is 0 Å². The number of hydrogen-bond donors (Lipinski definition) is 0. The average molecular weight is 495 g/mol. The van der Waals surface area contributed by atoms with Gasteiger partial charge in [-0.2, -0.15) is 0 Å². The molecule has 5 aromatic rings. The van der Waals surface area contributed by atoms with Gasteiger partial charge in [0.05, 0.1) is 11.9 Å². The number of hydrogen-bond acceptors (Lipinski definition) is 5. The maximum absolute atomic E-state index is 13.3. The van der Waals surface area contributed by atoms with E-state index in [0.717, 1.165) is 45.0 Å². The number of aryl methyl sites for hydroxylation is 1. The van der Waals surface area contributed by atoms with Gasteiger partial charge in [0.15, 0.2) is 11.5 Å². The van der Waals surface area contributed by atoms with E-state index in [-0.39, 0.29) is 24.2 Å². The Morgan fingerprint density at radius 2 is 1.73 bits per heavy atom. The molecule has 37 heavy (non-hydrogen) atoms. The van der Waals surface area contributed by atoms with Crippen LogP contribution in [-0.2, 0) is 11.2 Å². The van der Waals surface area contributed by atoms with Gasteiger partial charge in [-0.1, -0.05) is 48.5 Å². The molecule has 7 nitrogen and oxygen atoms in total. The Hall–Kier alpha value is -4.33. The number of fused-ring (bicyclic) bond motifs is 3. The van der Waals surface area contributed by atoms with Crippen LogP contribution in [0.1, 0.15) is 18.1 Å². The van der Waals surface area contributed by atoms with E-state index in [2.05, 4.69) is 41.1 Å². The summed E-state index contributed by atoms with van der Waals surface area (Å²) < 4.78 is 15.3. The van der Waals surface area contributed by atoms with Gasteiger partial charge in [0.2, 0.25) is 11.9 Å². The molecule has 0 bridgehead atoms. The van der Waals surface area contributed by atoms with E-state index in [4.69, 9.17) is 4.98 Å². The minimum Gasteiger partial charge on any atom is -0.338 e. The van der Waals surface area contributed by atoms with Crippen LogP contribution in [0, 0.1) is 12.7 Å². The Bertz CT molecular complexity index is 1610. The van der Waals surface area contributed by atoms with Gasteiger partial charge in [0, 0.05) is 36.6 Å². The van der Waals surface area contributed by atoms with Crippen molar-refractivity contribution in [3.63, 3.8) is 0 Å². The van der Waals surface area contributed by atoms with E-state index >= 15 is 0 Å². The van der Waals surface area contributed by atoms with Gasteiger partial charge < -0.3 is 9.80 Å². The highest BCUT2D eigenvalue weighted by molar-refractivity contribution is 5.93. The fraction of sp³-hybridized carbons (Fsp3) is 0.241. The highest BCUT2D eigenvalue weighted by Crippen LogP contribution is 2.30. The summed E-state index contributed by atoms with van der Waals surface area (Å²) in [5.74, 6) is 1.27. The van der Waals surface area contributed by atoms with Crippen molar-refractivity contribution in [3.05, 3.63) is 89.7 Å². The lowest BCUT2D eigenvalue weighted by Crippen LogP contribution is -2.55. The fourth-order valence-corrected chi connectivity index (χ4v) is 5.16.